The van der Waals surface area contributed by atoms with Crippen LogP contribution in [-0.2, 0) is 18.4 Å². The van der Waals surface area contributed by atoms with Crippen LogP contribution in [0.15, 0.2) is 46.0 Å². The SMILES string of the molecule is Cc1c(Br)ccc(NC(=O)CSc2nnc(COc3ccc(C(C)C)cc3)n2C)c1C. The summed E-state index contributed by atoms with van der Waals surface area (Å²) >= 11 is 4.86. The molecule has 0 saturated carbocycles. The molecule has 0 radical (unpaired) electrons. The predicted molar refractivity (Wildman–Crippen MR) is 129 cm³/mol. The zero-order valence-corrected chi connectivity index (χ0v) is 20.8. The first-order valence-electron chi connectivity index (χ1n) is 10.1. The Morgan fingerprint density at radius 1 is 1.13 bits per heavy atom. The summed E-state index contributed by atoms with van der Waals surface area (Å²) in [5.41, 5.74) is 4.26. The first kappa shape index (κ1) is 23.3. The van der Waals surface area contributed by atoms with E-state index in [0.29, 0.717) is 23.5 Å². The topological polar surface area (TPSA) is 69.0 Å². The molecule has 0 aliphatic carbocycles. The average Bonchev–Trinajstić information content (AvgIpc) is 3.11. The number of rotatable bonds is 8. The number of nitrogens with zero attached hydrogens (tertiary/aromatic N) is 3. The largest absolute Gasteiger partial charge is 0.486 e. The van der Waals surface area contributed by atoms with Gasteiger partial charge in [-0.15, -0.1) is 10.2 Å². The van der Waals surface area contributed by atoms with E-state index >= 15 is 0 Å². The highest BCUT2D eigenvalue weighted by molar-refractivity contribution is 9.10. The van der Waals surface area contributed by atoms with Crippen LogP contribution < -0.4 is 10.1 Å². The van der Waals surface area contributed by atoms with Crippen molar-refractivity contribution >= 4 is 39.3 Å². The fourth-order valence-corrected chi connectivity index (χ4v) is 4.09. The van der Waals surface area contributed by atoms with Crippen molar-refractivity contribution in [3.8, 4) is 5.75 Å². The third-order valence-electron chi connectivity index (χ3n) is 5.17. The first-order valence-corrected chi connectivity index (χ1v) is 11.8. The molecule has 31 heavy (non-hydrogen) atoms. The molecule has 3 aromatic rings. The Bertz CT molecular complexity index is 1060. The minimum atomic E-state index is -0.0825. The van der Waals surface area contributed by atoms with Gasteiger partial charge in [-0.2, -0.15) is 0 Å². The van der Waals surface area contributed by atoms with Gasteiger partial charge in [0, 0.05) is 17.2 Å². The van der Waals surface area contributed by atoms with Gasteiger partial charge in [0.15, 0.2) is 11.0 Å². The van der Waals surface area contributed by atoms with Gasteiger partial charge < -0.3 is 14.6 Å². The molecule has 1 amide bonds. The van der Waals surface area contributed by atoms with Crippen molar-refractivity contribution in [1.29, 1.82) is 0 Å². The van der Waals surface area contributed by atoms with Crippen molar-refractivity contribution in [3.63, 3.8) is 0 Å². The van der Waals surface area contributed by atoms with Gasteiger partial charge >= 0.3 is 0 Å². The van der Waals surface area contributed by atoms with Gasteiger partial charge in [0.2, 0.25) is 5.91 Å². The molecular formula is C23H27BrN4O2S. The fraction of sp³-hybridized carbons (Fsp3) is 0.348. The van der Waals surface area contributed by atoms with Crippen LogP contribution in [0.4, 0.5) is 5.69 Å². The molecule has 0 aliphatic rings. The van der Waals surface area contributed by atoms with Gasteiger partial charge in [-0.25, -0.2) is 0 Å². The summed E-state index contributed by atoms with van der Waals surface area (Å²) in [6, 6.07) is 11.9. The van der Waals surface area contributed by atoms with Crippen molar-refractivity contribution in [2.75, 3.05) is 11.1 Å². The first-order chi connectivity index (χ1) is 14.8. The van der Waals surface area contributed by atoms with Gasteiger partial charge in [0.05, 0.1) is 5.75 Å². The van der Waals surface area contributed by atoms with E-state index in [4.69, 9.17) is 4.74 Å². The molecule has 2 aromatic carbocycles. The number of ether oxygens (including phenoxy) is 1. The second-order valence-corrected chi connectivity index (χ2v) is 9.45. The summed E-state index contributed by atoms with van der Waals surface area (Å²) in [5.74, 6) is 2.15. The number of carbonyl (C=O) groups is 1. The quantitative estimate of drug-likeness (QED) is 0.404. The molecule has 0 bridgehead atoms. The average molecular weight is 503 g/mol. The van der Waals surface area contributed by atoms with E-state index in [1.807, 2.05) is 49.7 Å². The maximum absolute atomic E-state index is 12.4. The molecule has 0 aliphatic heterocycles. The Morgan fingerprint density at radius 2 is 1.84 bits per heavy atom. The summed E-state index contributed by atoms with van der Waals surface area (Å²) in [6.45, 7) is 8.65. The van der Waals surface area contributed by atoms with Crippen LogP contribution in [0.5, 0.6) is 5.75 Å². The van der Waals surface area contributed by atoms with E-state index in [2.05, 4.69) is 57.4 Å². The molecule has 0 unspecified atom stereocenters. The van der Waals surface area contributed by atoms with Gasteiger partial charge in [-0.05, 0) is 60.7 Å². The van der Waals surface area contributed by atoms with Gasteiger partial charge in [0.1, 0.15) is 12.4 Å². The zero-order chi connectivity index (χ0) is 22.5. The van der Waals surface area contributed by atoms with Crippen molar-refractivity contribution < 1.29 is 9.53 Å². The molecule has 164 valence electrons. The molecule has 8 heteroatoms. The second kappa shape index (κ2) is 10.3. The van der Waals surface area contributed by atoms with E-state index in [-0.39, 0.29) is 11.7 Å². The highest BCUT2D eigenvalue weighted by Crippen LogP contribution is 2.26. The summed E-state index contributed by atoms with van der Waals surface area (Å²) in [4.78, 5) is 12.4. The summed E-state index contributed by atoms with van der Waals surface area (Å²) in [7, 11) is 1.88. The molecule has 6 nitrogen and oxygen atoms in total. The number of hydrogen-bond donors (Lipinski definition) is 1. The fourth-order valence-electron chi connectivity index (χ4n) is 2.93. The van der Waals surface area contributed by atoms with E-state index in [1.165, 1.54) is 17.3 Å². The van der Waals surface area contributed by atoms with Gasteiger partial charge in [0.25, 0.3) is 0 Å². The molecule has 1 aromatic heterocycles. The van der Waals surface area contributed by atoms with E-state index in [9.17, 15) is 4.79 Å². The highest BCUT2D eigenvalue weighted by atomic mass is 79.9. The summed E-state index contributed by atoms with van der Waals surface area (Å²) in [5, 5.41) is 12.0. The number of halogens is 1. The molecule has 0 spiro atoms. The van der Waals surface area contributed by atoms with Crippen molar-refractivity contribution in [1.82, 2.24) is 14.8 Å². The van der Waals surface area contributed by atoms with Gasteiger partial charge in [-0.3, -0.25) is 4.79 Å². The maximum Gasteiger partial charge on any atom is 0.234 e. The van der Waals surface area contributed by atoms with Crippen LogP contribution in [-0.4, -0.2) is 26.4 Å². The lowest BCUT2D eigenvalue weighted by molar-refractivity contribution is -0.113. The summed E-state index contributed by atoms with van der Waals surface area (Å²) in [6.07, 6.45) is 0. The number of hydrogen-bond acceptors (Lipinski definition) is 5. The number of carbonyl (C=O) groups excluding carboxylic acids is 1. The van der Waals surface area contributed by atoms with Crippen LogP contribution in [0.25, 0.3) is 0 Å². The van der Waals surface area contributed by atoms with Crippen LogP contribution in [0.3, 0.4) is 0 Å². The Morgan fingerprint density at radius 3 is 2.52 bits per heavy atom. The summed E-state index contributed by atoms with van der Waals surface area (Å²) < 4.78 is 8.73. The third-order valence-corrected chi connectivity index (χ3v) is 7.05. The minimum Gasteiger partial charge on any atom is -0.486 e. The van der Waals surface area contributed by atoms with E-state index < -0.39 is 0 Å². The molecule has 1 N–H and O–H groups in total. The van der Waals surface area contributed by atoms with Crippen LogP contribution in [0, 0.1) is 13.8 Å². The Hall–Kier alpha value is -2.32. The molecule has 3 rings (SSSR count). The third kappa shape index (κ3) is 5.89. The molecule has 1 heterocycles. The normalized spacial score (nSPS) is 11.1. The number of nitrogens with one attached hydrogen (secondary N) is 1. The molecule has 0 atom stereocenters. The zero-order valence-electron chi connectivity index (χ0n) is 18.4. The van der Waals surface area contributed by atoms with Crippen molar-refractivity contribution in [2.24, 2.45) is 7.05 Å². The number of benzene rings is 2. The van der Waals surface area contributed by atoms with Crippen molar-refractivity contribution in [2.45, 2.75) is 45.4 Å². The Balaban J connectivity index is 1.54. The number of anilines is 1. The predicted octanol–water partition coefficient (Wildman–Crippen LogP) is 5.63. The van der Waals surface area contributed by atoms with Crippen molar-refractivity contribution in [3.05, 3.63) is 63.4 Å². The minimum absolute atomic E-state index is 0.0825. The lowest BCUT2D eigenvalue weighted by atomic mass is 10.0. The van der Waals surface area contributed by atoms with Gasteiger partial charge in [-0.1, -0.05) is 53.7 Å². The number of amides is 1. The lowest BCUT2D eigenvalue weighted by Crippen LogP contribution is -2.15. The smallest absolute Gasteiger partial charge is 0.234 e. The number of thioether (sulfide) groups is 1. The molecular weight excluding hydrogens is 476 g/mol. The Labute approximate surface area is 195 Å². The van der Waals surface area contributed by atoms with Crippen LogP contribution in [0.1, 0.15) is 42.3 Å². The highest BCUT2D eigenvalue weighted by Gasteiger charge is 2.13. The monoisotopic (exact) mass is 502 g/mol. The van der Waals surface area contributed by atoms with E-state index in [1.54, 1.807) is 0 Å². The molecule has 0 saturated heterocycles. The number of aromatic nitrogens is 3. The van der Waals surface area contributed by atoms with Crippen LogP contribution in [0.2, 0.25) is 0 Å². The second-order valence-electron chi connectivity index (χ2n) is 7.65. The Kier molecular flexibility index (Phi) is 7.78. The lowest BCUT2D eigenvalue weighted by Gasteiger charge is -2.11. The standard InChI is InChI=1S/C23H27BrN4O2S/c1-14(2)17-6-8-18(9-7-17)30-12-21-26-27-23(28(21)5)31-13-22(29)25-20-11-10-19(24)15(3)16(20)4/h6-11,14H,12-13H2,1-5H3,(H,25,29). The van der Waals surface area contributed by atoms with Crippen LogP contribution >= 0.6 is 27.7 Å². The van der Waals surface area contributed by atoms with E-state index in [0.717, 1.165) is 27.0 Å². The maximum atomic E-state index is 12.4. The molecule has 0 fully saturated rings.